The number of alkyl halides is 1. The quantitative estimate of drug-likeness (QED) is 0.551. The van der Waals surface area contributed by atoms with Gasteiger partial charge in [-0.2, -0.15) is 0 Å². The van der Waals surface area contributed by atoms with Crippen molar-refractivity contribution in [3.05, 3.63) is 49.0 Å². The van der Waals surface area contributed by atoms with Crippen LogP contribution in [0.4, 0.5) is 0 Å². The Morgan fingerprint density at radius 2 is 1.94 bits per heavy atom. The minimum absolute atomic E-state index is 0.178. The Hall–Kier alpha value is 0.160. The number of rotatable bonds is 3. The van der Waals surface area contributed by atoms with Gasteiger partial charge in [0.15, 0.2) is 0 Å². The normalized spacial score (nSPS) is 12.5. The standard InChI is InChI=1S/C12H9Br3OS/c1-16-7-2-3-8(10(14)6-7)11(15)12-9(13)4-5-17-12/h2-6,11H,1H3. The molecule has 2 rings (SSSR count). The van der Waals surface area contributed by atoms with Crippen molar-refractivity contribution in [2.75, 3.05) is 7.11 Å². The Labute approximate surface area is 130 Å². The first kappa shape index (κ1) is 13.6. The summed E-state index contributed by atoms with van der Waals surface area (Å²) >= 11 is 12.6. The highest BCUT2D eigenvalue weighted by Gasteiger charge is 2.17. The lowest BCUT2D eigenvalue weighted by atomic mass is 10.1. The predicted octanol–water partition coefficient (Wildman–Crippen LogP) is 5.77. The minimum Gasteiger partial charge on any atom is -0.497 e. The zero-order chi connectivity index (χ0) is 12.4. The second kappa shape index (κ2) is 5.87. The largest absolute Gasteiger partial charge is 0.497 e. The molecule has 2 aromatic rings. The number of hydrogen-bond donors (Lipinski definition) is 0. The molecule has 1 aromatic carbocycles. The van der Waals surface area contributed by atoms with Crippen LogP contribution in [0, 0.1) is 0 Å². The summed E-state index contributed by atoms with van der Waals surface area (Å²) in [6, 6.07) is 8.07. The molecule has 5 heteroatoms. The maximum Gasteiger partial charge on any atom is 0.120 e. The summed E-state index contributed by atoms with van der Waals surface area (Å²) in [7, 11) is 1.67. The maximum atomic E-state index is 5.19. The number of hydrogen-bond acceptors (Lipinski definition) is 2. The summed E-state index contributed by atoms with van der Waals surface area (Å²) < 4.78 is 7.36. The highest BCUT2D eigenvalue weighted by molar-refractivity contribution is 9.11. The molecule has 1 atom stereocenters. The van der Waals surface area contributed by atoms with E-state index in [9.17, 15) is 0 Å². The molecule has 17 heavy (non-hydrogen) atoms. The molecule has 0 aliphatic heterocycles. The first-order valence-electron chi connectivity index (χ1n) is 4.84. The Kier molecular flexibility index (Phi) is 4.69. The Morgan fingerprint density at radius 1 is 1.18 bits per heavy atom. The van der Waals surface area contributed by atoms with Gasteiger partial charge in [-0.15, -0.1) is 11.3 Å². The molecule has 0 saturated heterocycles. The molecule has 0 fully saturated rings. The fourth-order valence-corrected chi connectivity index (χ4v) is 5.23. The van der Waals surface area contributed by atoms with E-state index >= 15 is 0 Å². The topological polar surface area (TPSA) is 9.23 Å². The van der Waals surface area contributed by atoms with Crippen LogP contribution in [0.1, 0.15) is 15.3 Å². The number of ether oxygens (including phenoxy) is 1. The third kappa shape index (κ3) is 2.95. The van der Waals surface area contributed by atoms with Crippen molar-refractivity contribution in [3.8, 4) is 5.75 Å². The van der Waals surface area contributed by atoms with Gasteiger partial charge in [0.05, 0.1) is 11.9 Å². The molecule has 1 heterocycles. The van der Waals surface area contributed by atoms with Gasteiger partial charge in [-0.3, -0.25) is 0 Å². The van der Waals surface area contributed by atoms with E-state index in [0.717, 1.165) is 14.7 Å². The first-order chi connectivity index (χ1) is 8.13. The molecule has 0 aliphatic carbocycles. The summed E-state index contributed by atoms with van der Waals surface area (Å²) in [5.74, 6) is 0.852. The van der Waals surface area contributed by atoms with Gasteiger partial charge in [-0.25, -0.2) is 0 Å². The van der Waals surface area contributed by atoms with Gasteiger partial charge in [0, 0.05) is 13.8 Å². The average Bonchev–Trinajstić information content (AvgIpc) is 2.74. The lowest BCUT2D eigenvalue weighted by Gasteiger charge is -2.12. The lowest BCUT2D eigenvalue weighted by Crippen LogP contribution is -1.93. The van der Waals surface area contributed by atoms with Gasteiger partial charge in [-0.05, 0) is 45.1 Å². The third-order valence-corrected chi connectivity index (χ3v) is 6.23. The van der Waals surface area contributed by atoms with E-state index in [1.807, 2.05) is 12.1 Å². The van der Waals surface area contributed by atoms with Crippen molar-refractivity contribution < 1.29 is 4.74 Å². The summed E-state index contributed by atoms with van der Waals surface area (Å²) in [5.41, 5.74) is 1.19. The van der Waals surface area contributed by atoms with Crippen molar-refractivity contribution in [2.24, 2.45) is 0 Å². The molecule has 0 amide bonds. The molecule has 1 unspecified atom stereocenters. The van der Waals surface area contributed by atoms with Crippen molar-refractivity contribution in [1.82, 2.24) is 0 Å². The summed E-state index contributed by atoms with van der Waals surface area (Å²) in [4.78, 5) is 1.44. The monoisotopic (exact) mass is 438 g/mol. The van der Waals surface area contributed by atoms with Crippen LogP contribution in [-0.2, 0) is 0 Å². The number of benzene rings is 1. The van der Waals surface area contributed by atoms with E-state index in [1.54, 1.807) is 18.4 Å². The first-order valence-corrected chi connectivity index (χ1v) is 8.22. The fraction of sp³-hybridized carbons (Fsp3) is 0.167. The van der Waals surface area contributed by atoms with Crippen molar-refractivity contribution in [1.29, 1.82) is 0 Å². The Balaban J connectivity index is 2.38. The van der Waals surface area contributed by atoms with Crippen LogP contribution >= 0.6 is 59.1 Å². The van der Waals surface area contributed by atoms with Crippen LogP contribution in [0.2, 0.25) is 0 Å². The SMILES string of the molecule is COc1ccc(C(Br)c2sccc2Br)c(Br)c1. The van der Waals surface area contributed by atoms with Crippen LogP contribution in [0.15, 0.2) is 38.6 Å². The number of methoxy groups -OCH3 is 1. The molecule has 0 N–H and O–H groups in total. The van der Waals surface area contributed by atoms with E-state index < -0.39 is 0 Å². The number of thiophene rings is 1. The Morgan fingerprint density at radius 3 is 2.47 bits per heavy atom. The van der Waals surface area contributed by atoms with Gasteiger partial charge in [-0.1, -0.05) is 37.9 Å². The second-order valence-corrected chi connectivity index (χ2v) is 6.95. The zero-order valence-electron chi connectivity index (χ0n) is 8.91. The zero-order valence-corrected chi connectivity index (χ0v) is 14.5. The molecular weight excluding hydrogens is 432 g/mol. The van der Waals surface area contributed by atoms with Gasteiger partial charge in [0.25, 0.3) is 0 Å². The predicted molar refractivity (Wildman–Crippen MR) is 83.5 cm³/mol. The minimum atomic E-state index is 0.178. The van der Waals surface area contributed by atoms with E-state index in [2.05, 4.69) is 65.3 Å². The lowest BCUT2D eigenvalue weighted by molar-refractivity contribution is 0.414. The molecular formula is C12H9Br3OS. The van der Waals surface area contributed by atoms with Crippen molar-refractivity contribution in [3.63, 3.8) is 0 Å². The average molecular weight is 441 g/mol. The Bertz CT molecular complexity index is 524. The highest BCUT2D eigenvalue weighted by Crippen LogP contribution is 2.42. The van der Waals surface area contributed by atoms with Crippen LogP contribution in [0.3, 0.4) is 0 Å². The molecule has 0 radical (unpaired) electrons. The maximum absolute atomic E-state index is 5.19. The molecule has 1 aromatic heterocycles. The number of halogens is 3. The molecule has 0 bridgehead atoms. The van der Waals surface area contributed by atoms with Crippen molar-refractivity contribution >= 4 is 59.1 Å². The van der Waals surface area contributed by atoms with E-state index in [0.29, 0.717) is 0 Å². The molecule has 0 aliphatic rings. The second-order valence-electron chi connectivity index (χ2n) is 3.38. The van der Waals surface area contributed by atoms with Crippen LogP contribution < -0.4 is 4.74 Å². The van der Waals surface area contributed by atoms with E-state index in [1.165, 1.54) is 10.4 Å². The molecule has 0 spiro atoms. The van der Waals surface area contributed by atoms with Gasteiger partial charge < -0.3 is 4.74 Å². The van der Waals surface area contributed by atoms with Gasteiger partial charge in [0.1, 0.15) is 5.75 Å². The smallest absolute Gasteiger partial charge is 0.120 e. The van der Waals surface area contributed by atoms with Crippen LogP contribution in [-0.4, -0.2) is 7.11 Å². The molecule has 1 nitrogen and oxygen atoms in total. The van der Waals surface area contributed by atoms with E-state index in [4.69, 9.17) is 4.74 Å². The van der Waals surface area contributed by atoms with Crippen LogP contribution in [0.25, 0.3) is 0 Å². The van der Waals surface area contributed by atoms with E-state index in [-0.39, 0.29) is 4.83 Å². The van der Waals surface area contributed by atoms with Gasteiger partial charge >= 0.3 is 0 Å². The highest BCUT2D eigenvalue weighted by atomic mass is 79.9. The summed E-state index contributed by atoms with van der Waals surface area (Å²) in [6.07, 6.45) is 0. The third-order valence-electron chi connectivity index (χ3n) is 2.36. The van der Waals surface area contributed by atoms with Gasteiger partial charge in [0.2, 0.25) is 0 Å². The summed E-state index contributed by atoms with van der Waals surface area (Å²) in [6.45, 7) is 0. The van der Waals surface area contributed by atoms with Crippen LogP contribution in [0.5, 0.6) is 5.75 Å². The molecule has 90 valence electrons. The molecule has 0 saturated carbocycles. The summed E-state index contributed by atoms with van der Waals surface area (Å²) in [5, 5.41) is 2.07. The van der Waals surface area contributed by atoms with Crippen molar-refractivity contribution in [2.45, 2.75) is 4.83 Å². The fourth-order valence-electron chi connectivity index (χ4n) is 1.47.